The van der Waals surface area contributed by atoms with Gasteiger partial charge < -0.3 is 0 Å². The highest BCUT2D eigenvalue weighted by Gasteiger charge is 2.35. The summed E-state index contributed by atoms with van der Waals surface area (Å²) in [6.07, 6.45) is 5.72. The smallest absolute Gasteiger partial charge is 0.0849 e. The van der Waals surface area contributed by atoms with Crippen molar-refractivity contribution in [1.82, 2.24) is 9.78 Å². The standard InChI is InChI=1S/C13H20BrClN2/c1-4-10-12(15)11(17(3)16-10)8-13(2)6-5-9(14)7-13/h9H,4-8H2,1-3H3. The molecule has 0 aliphatic heterocycles. The molecule has 0 saturated heterocycles. The molecule has 17 heavy (non-hydrogen) atoms. The zero-order chi connectivity index (χ0) is 12.6. The highest BCUT2D eigenvalue weighted by molar-refractivity contribution is 9.09. The summed E-state index contributed by atoms with van der Waals surface area (Å²) >= 11 is 10.1. The molecule has 0 spiro atoms. The lowest BCUT2D eigenvalue weighted by atomic mass is 9.84. The molecule has 0 aromatic carbocycles. The van der Waals surface area contributed by atoms with E-state index in [1.165, 1.54) is 25.0 Å². The second-order valence-corrected chi connectivity index (χ2v) is 7.18. The van der Waals surface area contributed by atoms with Gasteiger partial charge in [-0.1, -0.05) is 41.4 Å². The molecule has 96 valence electrons. The Morgan fingerprint density at radius 2 is 2.29 bits per heavy atom. The van der Waals surface area contributed by atoms with Crippen LogP contribution in [0.2, 0.25) is 5.02 Å². The van der Waals surface area contributed by atoms with Gasteiger partial charge in [0.15, 0.2) is 0 Å². The van der Waals surface area contributed by atoms with Crippen LogP contribution < -0.4 is 0 Å². The van der Waals surface area contributed by atoms with Crippen LogP contribution in [0.4, 0.5) is 0 Å². The van der Waals surface area contributed by atoms with Gasteiger partial charge in [0.2, 0.25) is 0 Å². The predicted molar refractivity (Wildman–Crippen MR) is 76.0 cm³/mol. The fourth-order valence-electron chi connectivity index (χ4n) is 2.82. The third-order valence-corrected chi connectivity index (χ3v) is 5.09. The largest absolute Gasteiger partial charge is 0.271 e. The van der Waals surface area contributed by atoms with E-state index >= 15 is 0 Å². The van der Waals surface area contributed by atoms with Crippen LogP contribution in [-0.4, -0.2) is 14.6 Å². The molecule has 4 heteroatoms. The van der Waals surface area contributed by atoms with E-state index in [2.05, 4.69) is 34.9 Å². The molecule has 2 atom stereocenters. The Morgan fingerprint density at radius 1 is 1.59 bits per heavy atom. The number of hydrogen-bond donors (Lipinski definition) is 0. The first-order valence-electron chi connectivity index (χ1n) is 6.29. The summed E-state index contributed by atoms with van der Waals surface area (Å²) in [7, 11) is 2.00. The highest BCUT2D eigenvalue weighted by atomic mass is 79.9. The molecule has 1 aliphatic carbocycles. The molecular weight excluding hydrogens is 300 g/mol. The van der Waals surface area contributed by atoms with Gasteiger partial charge in [0.05, 0.1) is 16.4 Å². The van der Waals surface area contributed by atoms with Crippen molar-refractivity contribution in [2.45, 2.75) is 50.8 Å². The Hall–Kier alpha value is -0.0200. The van der Waals surface area contributed by atoms with Crippen molar-refractivity contribution in [2.24, 2.45) is 12.5 Å². The Balaban J connectivity index is 2.21. The summed E-state index contributed by atoms with van der Waals surface area (Å²) < 4.78 is 1.97. The Labute approximate surface area is 117 Å². The molecule has 1 heterocycles. The topological polar surface area (TPSA) is 17.8 Å². The molecular formula is C13H20BrClN2. The predicted octanol–water partition coefficient (Wildman–Crippen LogP) is 4.13. The van der Waals surface area contributed by atoms with E-state index < -0.39 is 0 Å². The molecule has 2 rings (SSSR count). The van der Waals surface area contributed by atoms with E-state index in [9.17, 15) is 0 Å². The minimum Gasteiger partial charge on any atom is -0.271 e. The molecule has 1 aromatic heterocycles. The molecule has 1 saturated carbocycles. The van der Waals surface area contributed by atoms with Gasteiger partial charge in [-0.25, -0.2) is 0 Å². The van der Waals surface area contributed by atoms with Crippen LogP contribution >= 0.6 is 27.5 Å². The summed E-state index contributed by atoms with van der Waals surface area (Å²) in [5, 5.41) is 5.38. The van der Waals surface area contributed by atoms with Crippen molar-refractivity contribution in [3.63, 3.8) is 0 Å². The first-order valence-corrected chi connectivity index (χ1v) is 7.59. The molecule has 0 N–H and O–H groups in total. The lowest BCUT2D eigenvalue weighted by Crippen LogP contribution is -2.18. The normalized spacial score (nSPS) is 28.9. The van der Waals surface area contributed by atoms with E-state index in [-0.39, 0.29) is 0 Å². The number of alkyl halides is 1. The average Bonchev–Trinajstić information content (AvgIpc) is 2.73. The summed E-state index contributed by atoms with van der Waals surface area (Å²) in [6.45, 7) is 4.47. The van der Waals surface area contributed by atoms with Crippen molar-refractivity contribution in [3.05, 3.63) is 16.4 Å². The van der Waals surface area contributed by atoms with Crippen LogP contribution in [-0.2, 0) is 19.9 Å². The quantitative estimate of drug-likeness (QED) is 0.766. The van der Waals surface area contributed by atoms with Crippen LogP contribution in [0.15, 0.2) is 0 Å². The molecule has 2 nitrogen and oxygen atoms in total. The van der Waals surface area contributed by atoms with Gasteiger partial charge in [0.1, 0.15) is 0 Å². The molecule has 0 amide bonds. The summed E-state index contributed by atoms with van der Waals surface area (Å²) in [4.78, 5) is 0.671. The SMILES string of the molecule is CCc1nn(C)c(CC2(C)CCC(Br)C2)c1Cl. The first kappa shape index (κ1) is 13.4. The van der Waals surface area contributed by atoms with E-state index in [4.69, 9.17) is 11.6 Å². The van der Waals surface area contributed by atoms with E-state index in [0.29, 0.717) is 10.2 Å². The van der Waals surface area contributed by atoms with Gasteiger partial charge in [-0.15, -0.1) is 0 Å². The second-order valence-electron chi connectivity index (χ2n) is 5.51. The monoisotopic (exact) mass is 318 g/mol. The molecule has 1 aromatic rings. The highest BCUT2D eigenvalue weighted by Crippen LogP contribution is 2.44. The number of rotatable bonds is 3. The third kappa shape index (κ3) is 2.70. The van der Waals surface area contributed by atoms with E-state index in [1.807, 2.05) is 11.7 Å². The average molecular weight is 320 g/mol. The molecule has 1 fully saturated rings. The van der Waals surface area contributed by atoms with Crippen molar-refractivity contribution in [3.8, 4) is 0 Å². The van der Waals surface area contributed by atoms with Crippen molar-refractivity contribution < 1.29 is 0 Å². The second kappa shape index (κ2) is 4.93. The minimum atomic E-state index is 0.372. The van der Waals surface area contributed by atoms with Crippen LogP contribution in [0.25, 0.3) is 0 Å². The van der Waals surface area contributed by atoms with Crippen molar-refractivity contribution in [2.75, 3.05) is 0 Å². The Kier molecular flexibility index (Phi) is 3.89. The Bertz CT molecular complexity index is 416. The van der Waals surface area contributed by atoms with E-state index in [0.717, 1.165) is 23.6 Å². The molecule has 0 radical (unpaired) electrons. The first-order chi connectivity index (χ1) is 7.95. The maximum atomic E-state index is 6.41. The maximum absolute atomic E-state index is 6.41. The van der Waals surface area contributed by atoms with E-state index in [1.54, 1.807) is 0 Å². The maximum Gasteiger partial charge on any atom is 0.0849 e. The number of halogens is 2. The number of aromatic nitrogens is 2. The van der Waals surface area contributed by atoms with Gasteiger partial charge >= 0.3 is 0 Å². The Morgan fingerprint density at radius 3 is 2.76 bits per heavy atom. The van der Waals surface area contributed by atoms with Crippen LogP contribution in [0.1, 0.15) is 44.5 Å². The summed E-state index contributed by atoms with van der Waals surface area (Å²) in [5.41, 5.74) is 2.60. The van der Waals surface area contributed by atoms with Gasteiger partial charge in [-0.2, -0.15) is 5.10 Å². The third-order valence-electron chi connectivity index (χ3n) is 3.87. The van der Waals surface area contributed by atoms with Crippen LogP contribution in [0, 0.1) is 5.41 Å². The van der Waals surface area contributed by atoms with Gasteiger partial charge in [-0.05, 0) is 37.5 Å². The fourth-order valence-corrected chi connectivity index (χ4v) is 4.19. The minimum absolute atomic E-state index is 0.372. The van der Waals surface area contributed by atoms with Gasteiger partial charge in [-0.3, -0.25) is 4.68 Å². The van der Waals surface area contributed by atoms with Gasteiger partial charge in [0.25, 0.3) is 0 Å². The van der Waals surface area contributed by atoms with Crippen molar-refractivity contribution in [1.29, 1.82) is 0 Å². The number of nitrogens with zero attached hydrogens (tertiary/aromatic N) is 2. The molecule has 0 bridgehead atoms. The molecule has 1 aliphatic rings. The molecule has 2 unspecified atom stereocenters. The van der Waals surface area contributed by atoms with Gasteiger partial charge in [0, 0.05) is 11.9 Å². The van der Waals surface area contributed by atoms with Crippen LogP contribution in [0.3, 0.4) is 0 Å². The van der Waals surface area contributed by atoms with Crippen molar-refractivity contribution >= 4 is 27.5 Å². The number of aryl methyl sites for hydroxylation is 2. The fraction of sp³-hybridized carbons (Fsp3) is 0.769. The lowest BCUT2D eigenvalue weighted by Gasteiger charge is -2.23. The van der Waals surface area contributed by atoms with Crippen LogP contribution in [0.5, 0.6) is 0 Å². The number of hydrogen-bond acceptors (Lipinski definition) is 1. The summed E-state index contributed by atoms with van der Waals surface area (Å²) in [5.74, 6) is 0. The summed E-state index contributed by atoms with van der Waals surface area (Å²) in [6, 6.07) is 0. The zero-order valence-electron chi connectivity index (χ0n) is 10.8. The zero-order valence-corrected chi connectivity index (χ0v) is 13.1. The lowest BCUT2D eigenvalue weighted by molar-refractivity contribution is 0.327.